The lowest BCUT2D eigenvalue weighted by molar-refractivity contribution is 0.242. The van der Waals surface area contributed by atoms with Crippen molar-refractivity contribution >= 4 is 5.82 Å². The number of nitrogens with zero attached hydrogens (tertiary/aromatic N) is 3. The van der Waals surface area contributed by atoms with Crippen molar-refractivity contribution in [3.8, 4) is 0 Å². The van der Waals surface area contributed by atoms with Crippen molar-refractivity contribution in [2.75, 3.05) is 44.2 Å². The van der Waals surface area contributed by atoms with E-state index in [0.717, 1.165) is 51.4 Å². The second-order valence-corrected chi connectivity index (χ2v) is 4.80. The first-order valence-corrected chi connectivity index (χ1v) is 6.89. The first-order valence-electron chi connectivity index (χ1n) is 6.89. The molecule has 1 saturated heterocycles. The Hall–Kier alpha value is -1.13. The van der Waals surface area contributed by atoms with E-state index in [4.69, 9.17) is 5.11 Å². The van der Waals surface area contributed by atoms with Gasteiger partial charge in [-0.05, 0) is 37.9 Å². The molecule has 1 aromatic heterocycles. The molecule has 0 bridgehead atoms. The van der Waals surface area contributed by atoms with Gasteiger partial charge in [0.2, 0.25) is 0 Å². The van der Waals surface area contributed by atoms with Crippen LogP contribution >= 0.6 is 0 Å². The molecule has 1 aromatic rings. The molecule has 0 unspecified atom stereocenters. The smallest absolute Gasteiger partial charge is 0.128 e. The van der Waals surface area contributed by atoms with E-state index >= 15 is 0 Å². The SMILES string of the molecule is OCCCCCN1CCN(c2ccccn2)CC1. The molecule has 0 aromatic carbocycles. The first-order chi connectivity index (χ1) is 8.90. The minimum absolute atomic E-state index is 0.327. The average molecular weight is 249 g/mol. The Labute approximate surface area is 109 Å². The van der Waals surface area contributed by atoms with Crippen LogP contribution in [0.15, 0.2) is 24.4 Å². The van der Waals surface area contributed by atoms with E-state index in [1.165, 1.54) is 6.42 Å². The fourth-order valence-corrected chi connectivity index (χ4v) is 2.37. The monoisotopic (exact) mass is 249 g/mol. The molecule has 1 aliphatic rings. The number of unbranched alkanes of at least 4 members (excludes halogenated alkanes) is 2. The van der Waals surface area contributed by atoms with Crippen molar-refractivity contribution in [1.29, 1.82) is 0 Å². The number of aromatic nitrogens is 1. The highest BCUT2D eigenvalue weighted by Crippen LogP contribution is 2.12. The second-order valence-electron chi connectivity index (χ2n) is 4.80. The Morgan fingerprint density at radius 2 is 1.89 bits per heavy atom. The molecular weight excluding hydrogens is 226 g/mol. The zero-order valence-corrected chi connectivity index (χ0v) is 11.0. The van der Waals surface area contributed by atoms with Gasteiger partial charge >= 0.3 is 0 Å². The van der Waals surface area contributed by atoms with Crippen LogP contribution in [0.2, 0.25) is 0 Å². The van der Waals surface area contributed by atoms with E-state index in [0.29, 0.717) is 6.61 Å². The summed E-state index contributed by atoms with van der Waals surface area (Å²) in [5.41, 5.74) is 0. The molecule has 4 heteroatoms. The molecule has 4 nitrogen and oxygen atoms in total. The van der Waals surface area contributed by atoms with Crippen LogP contribution in [0.4, 0.5) is 5.82 Å². The maximum absolute atomic E-state index is 8.74. The Morgan fingerprint density at radius 1 is 1.06 bits per heavy atom. The summed E-state index contributed by atoms with van der Waals surface area (Å²) in [5.74, 6) is 1.09. The first kappa shape index (κ1) is 13.3. The Kier molecular flexibility index (Phi) is 5.42. The number of hydrogen-bond donors (Lipinski definition) is 1. The van der Waals surface area contributed by atoms with Crippen LogP contribution in [0.5, 0.6) is 0 Å². The summed E-state index contributed by atoms with van der Waals surface area (Å²) in [6, 6.07) is 6.08. The van der Waals surface area contributed by atoms with E-state index in [1.54, 1.807) is 0 Å². The summed E-state index contributed by atoms with van der Waals surface area (Å²) in [6.45, 7) is 5.86. The lowest BCUT2D eigenvalue weighted by atomic mass is 10.2. The molecule has 0 aliphatic carbocycles. The van der Waals surface area contributed by atoms with Gasteiger partial charge in [0.05, 0.1) is 0 Å². The van der Waals surface area contributed by atoms with Crippen LogP contribution in [0.25, 0.3) is 0 Å². The van der Waals surface area contributed by atoms with Crippen molar-refractivity contribution in [2.45, 2.75) is 19.3 Å². The van der Waals surface area contributed by atoms with Crippen molar-refractivity contribution in [2.24, 2.45) is 0 Å². The molecule has 100 valence electrons. The summed E-state index contributed by atoms with van der Waals surface area (Å²) in [7, 11) is 0. The maximum atomic E-state index is 8.74. The number of rotatable bonds is 6. The predicted octanol–water partition coefficient (Wildman–Crippen LogP) is 1.37. The van der Waals surface area contributed by atoms with Crippen LogP contribution in [-0.2, 0) is 0 Å². The predicted molar refractivity (Wildman–Crippen MR) is 73.8 cm³/mol. The lowest BCUT2D eigenvalue weighted by Gasteiger charge is -2.35. The molecule has 1 N–H and O–H groups in total. The van der Waals surface area contributed by atoms with Gasteiger partial charge in [-0.3, -0.25) is 4.90 Å². The largest absolute Gasteiger partial charge is 0.396 e. The van der Waals surface area contributed by atoms with Gasteiger partial charge in [-0.2, -0.15) is 0 Å². The number of piperazine rings is 1. The third-order valence-electron chi connectivity index (χ3n) is 3.48. The van der Waals surface area contributed by atoms with E-state index in [9.17, 15) is 0 Å². The standard InChI is InChI=1S/C14H23N3O/c18-13-5-1-4-8-16-9-11-17(12-10-16)14-6-2-3-7-15-14/h2-3,6-7,18H,1,4-5,8-13H2. The highest BCUT2D eigenvalue weighted by Gasteiger charge is 2.16. The lowest BCUT2D eigenvalue weighted by Crippen LogP contribution is -2.46. The van der Waals surface area contributed by atoms with Crippen LogP contribution < -0.4 is 4.90 Å². The molecule has 1 aliphatic heterocycles. The summed E-state index contributed by atoms with van der Waals surface area (Å²) < 4.78 is 0. The highest BCUT2D eigenvalue weighted by atomic mass is 16.2. The molecule has 0 spiro atoms. The fraction of sp³-hybridized carbons (Fsp3) is 0.643. The highest BCUT2D eigenvalue weighted by molar-refractivity contribution is 5.38. The van der Waals surface area contributed by atoms with Gasteiger partial charge in [-0.25, -0.2) is 4.98 Å². The summed E-state index contributed by atoms with van der Waals surface area (Å²) >= 11 is 0. The fourth-order valence-electron chi connectivity index (χ4n) is 2.37. The zero-order chi connectivity index (χ0) is 12.6. The van der Waals surface area contributed by atoms with E-state index < -0.39 is 0 Å². The molecule has 2 heterocycles. The normalized spacial score (nSPS) is 17.1. The van der Waals surface area contributed by atoms with Crippen LogP contribution in [0.3, 0.4) is 0 Å². The van der Waals surface area contributed by atoms with Gasteiger partial charge in [0.25, 0.3) is 0 Å². The third kappa shape index (κ3) is 3.96. The minimum Gasteiger partial charge on any atom is -0.396 e. The van der Waals surface area contributed by atoms with E-state index in [1.807, 2.05) is 18.3 Å². The number of aliphatic hydroxyl groups excluding tert-OH is 1. The number of pyridine rings is 1. The number of anilines is 1. The summed E-state index contributed by atoms with van der Waals surface area (Å²) in [4.78, 5) is 9.26. The Bertz CT molecular complexity index is 323. The molecule has 0 radical (unpaired) electrons. The second kappa shape index (κ2) is 7.34. The van der Waals surface area contributed by atoms with Crippen LogP contribution in [-0.4, -0.2) is 54.3 Å². The number of aliphatic hydroxyl groups is 1. The molecule has 0 amide bonds. The van der Waals surface area contributed by atoms with Gasteiger partial charge in [-0.15, -0.1) is 0 Å². The molecule has 18 heavy (non-hydrogen) atoms. The van der Waals surface area contributed by atoms with Crippen molar-refractivity contribution in [3.63, 3.8) is 0 Å². The number of hydrogen-bond acceptors (Lipinski definition) is 4. The van der Waals surface area contributed by atoms with Gasteiger partial charge in [0.15, 0.2) is 0 Å². The van der Waals surface area contributed by atoms with E-state index in [-0.39, 0.29) is 0 Å². The van der Waals surface area contributed by atoms with E-state index in [2.05, 4.69) is 20.9 Å². The van der Waals surface area contributed by atoms with Crippen molar-refractivity contribution in [3.05, 3.63) is 24.4 Å². The summed E-state index contributed by atoms with van der Waals surface area (Å²) in [6.07, 6.45) is 5.13. The third-order valence-corrected chi connectivity index (χ3v) is 3.48. The van der Waals surface area contributed by atoms with Gasteiger partial charge < -0.3 is 10.0 Å². The van der Waals surface area contributed by atoms with Gasteiger partial charge in [-0.1, -0.05) is 6.07 Å². The topological polar surface area (TPSA) is 39.6 Å². The molecule has 2 rings (SSSR count). The van der Waals surface area contributed by atoms with Crippen LogP contribution in [0.1, 0.15) is 19.3 Å². The van der Waals surface area contributed by atoms with Gasteiger partial charge in [0, 0.05) is 39.0 Å². The van der Waals surface area contributed by atoms with Gasteiger partial charge in [0.1, 0.15) is 5.82 Å². The van der Waals surface area contributed by atoms with Crippen molar-refractivity contribution in [1.82, 2.24) is 9.88 Å². The maximum Gasteiger partial charge on any atom is 0.128 e. The average Bonchev–Trinajstić information content (AvgIpc) is 2.45. The van der Waals surface area contributed by atoms with Crippen molar-refractivity contribution < 1.29 is 5.11 Å². The molecule has 0 saturated carbocycles. The zero-order valence-electron chi connectivity index (χ0n) is 11.0. The Balaban J connectivity index is 1.68. The quantitative estimate of drug-likeness (QED) is 0.773. The summed E-state index contributed by atoms with van der Waals surface area (Å²) in [5, 5.41) is 8.74. The Morgan fingerprint density at radius 3 is 2.56 bits per heavy atom. The molecule has 0 atom stereocenters. The minimum atomic E-state index is 0.327. The van der Waals surface area contributed by atoms with Crippen LogP contribution in [0, 0.1) is 0 Å². The molecule has 1 fully saturated rings. The molecular formula is C14H23N3O.